The van der Waals surface area contributed by atoms with Gasteiger partial charge < -0.3 is 5.11 Å². The van der Waals surface area contributed by atoms with E-state index in [0.717, 1.165) is 22.9 Å². The van der Waals surface area contributed by atoms with E-state index in [1.54, 1.807) is 0 Å². The summed E-state index contributed by atoms with van der Waals surface area (Å²) in [5, 5.41) is 9.75. The van der Waals surface area contributed by atoms with Gasteiger partial charge in [-0.3, -0.25) is 4.79 Å². The fourth-order valence-electron chi connectivity index (χ4n) is 4.19. The normalized spacial score (nSPS) is 23.8. The Morgan fingerprint density at radius 2 is 1.74 bits per heavy atom. The van der Waals surface area contributed by atoms with E-state index in [1.165, 1.54) is 32.1 Å². The first-order valence-electron chi connectivity index (χ1n) is 7.07. The predicted octanol–water partition coefficient (Wildman–Crippen LogP) is 4.52. The molecule has 2 fully saturated rings. The van der Waals surface area contributed by atoms with Gasteiger partial charge in [-0.25, -0.2) is 0 Å². The van der Waals surface area contributed by atoms with Crippen LogP contribution in [0.25, 0.3) is 0 Å². The number of hydrogen-bond donors (Lipinski definition) is 1. The number of benzene rings is 1. The van der Waals surface area contributed by atoms with Gasteiger partial charge in [-0.15, -0.1) is 0 Å². The lowest BCUT2D eigenvalue weighted by molar-refractivity contribution is -0.156. The summed E-state index contributed by atoms with van der Waals surface area (Å²) in [4.78, 5) is 11.9. The molecule has 2 aliphatic carbocycles. The van der Waals surface area contributed by atoms with E-state index < -0.39 is 11.4 Å². The van der Waals surface area contributed by atoms with Gasteiger partial charge in [0.2, 0.25) is 0 Å². The van der Waals surface area contributed by atoms with Crippen molar-refractivity contribution < 1.29 is 9.90 Å². The monoisotopic (exact) mass is 322 g/mol. The summed E-state index contributed by atoms with van der Waals surface area (Å²) in [6.45, 7) is 0. The maximum absolute atomic E-state index is 11.9. The Bertz CT molecular complexity index is 495. The number of halogens is 1. The molecule has 1 N–H and O–H groups in total. The van der Waals surface area contributed by atoms with Crippen LogP contribution < -0.4 is 0 Å². The van der Waals surface area contributed by atoms with Crippen LogP contribution in [0.3, 0.4) is 0 Å². The predicted molar refractivity (Wildman–Crippen MR) is 78.2 cm³/mol. The fourth-order valence-corrected chi connectivity index (χ4v) is 4.85. The van der Waals surface area contributed by atoms with Gasteiger partial charge in [0, 0.05) is 4.47 Å². The molecule has 2 aliphatic rings. The Morgan fingerprint density at radius 1 is 1.11 bits per heavy atom. The van der Waals surface area contributed by atoms with Crippen molar-refractivity contribution in [3.05, 3.63) is 34.3 Å². The van der Waals surface area contributed by atoms with E-state index in [1.807, 2.05) is 24.3 Å². The van der Waals surface area contributed by atoms with E-state index >= 15 is 0 Å². The van der Waals surface area contributed by atoms with Crippen LogP contribution in [0.5, 0.6) is 0 Å². The van der Waals surface area contributed by atoms with Crippen molar-refractivity contribution in [2.45, 2.75) is 50.4 Å². The molecule has 2 nitrogen and oxygen atoms in total. The molecular weight excluding hydrogens is 304 g/mol. The van der Waals surface area contributed by atoms with Crippen LogP contribution in [0.2, 0.25) is 0 Å². The molecule has 1 aromatic rings. The maximum Gasteiger partial charge on any atom is 0.314 e. The van der Waals surface area contributed by atoms with Gasteiger partial charge in [-0.1, -0.05) is 53.4 Å². The third-order valence-corrected chi connectivity index (χ3v) is 5.76. The minimum Gasteiger partial charge on any atom is -0.481 e. The van der Waals surface area contributed by atoms with Gasteiger partial charge in [0.05, 0.1) is 5.41 Å². The van der Waals surface area contributed by atoms with E-state index in [4.69, 9.17) is 0 Å². The van der Waals surface area contributed by atoms with Crippen LogP contribution in [0.15, 0.2) is 28.7 Å². The molecule has 1 spiro atoms. The van der Waals surface area contributed by atoms with Crippen LogP contribution in [-0.4, -0.2) is 11.1 Å². The molecule has 2 saturated carbocycles. The smallest absolute Gasteiger partial charge is 0.314 e. The average Bonchev–Trinajstić information content (AvgIpc) is 2.37. The quantitative estimate of drug-likeness (QED) is 0.869. The Labute approximate surface area is 122 Å². The minimum atomic E-state index is -0.657. The second kappa shape index (κ2) is 4.62. The van der Waals surface area contributed by atoms with E-state index in [9.17, 15) is 9.90 Å². The molecule has 0 heterocycles. The summed E-state index contributed by atoms with van der Waals surface area (Å²) >= 11 is 3.52. The van der Waals surface area contributed by atoms with Crippen molar-refractivity contribution in [2.75, 3.05) is 0 Å². The van der Waals surface area contributed by atoms with Crippen LogP contribution >= 0.6 is 15.9 Å². The highest BCUT2D eigenvalue weighted by Gasteiger charge is 2.59. The Morgan fingerprint density at radius 3 is 2.32 bits per heavy atom. The van der Waals surface area contributed by atoms with Crippen molar-refractivity contribution in [3.63, 3.8) is 0 Å². The standard InChI is InChI=1S/C16H19BrO2/c17-13-7-3-2-6-12(13)16(14(18)19)10-15(11-16)8-4-1-5-9-15/h2-3,6-7H,1,4-5,8-11H2,(H,18,19). The largest absolute Gasteiger partial charge is 0.481 e. The molecule has 0 bridgehead atoms. The molecule has 0 radical (unpaired) electrons. The Kier molecular flexibility index (Phi) is 3.20. The number of carboxylic acids is 1. The Balaban J connectivity index is 1.92. The molecule has 3 rings (SSSR count). The molecule has 0 amide bonds. The lowest BCUT2D eigenvalue weighted by atomic mass is 9.46. The second-order valence-electron chi connectivity index (χ2n) is 6.28. The van der Waals surface area contributed by atoms with Gasteiger partial charge in [-0.2, -0.15) is 0 Å². The summed E-state index contributed by atoms with van der Waals surface area (Å²) in [7, 11) is 0. The fraction of sp³-hybridized carbons (Fsp3) is 0.562. The zero-order valence-corrected chi connectivity index (χ0v) is 12.6. The number of carboxylic acid groups (broad SMARTS) is 1. The van der Waals surface area contributed by atoms with Crippen molar-refractivity contribution in [3.8, 4) is 0 Å². The molecule has 0 atom stereocenters. The molecule has 1 aromatic carbocycles. The Hall–Kier alpha value is -0.830. The number of aliphatic carboxylic acids is 1. The van der Waals surface area contributed by atoms with Crippen molar-refractivity contribution >= 4 is 21.9 Å². The van der Waals surface area contributed by atoms with Gasteiger partial charge >= 0.3 is 5.97 Å². The zero-order valence-electron chi connectivity index (χ0n) is 11.0. The van der Waals surface area contributed by atoms with Gasteiger partial charge in [-0.05, 0) is 42.7 Å². The van der Waals surface area contributed by atoms with E-state index in [2.05, 4.69) is 15.9 Å². The molecule has 3 heteroatoms. The lowest BCUT2D eigenvalue weighted by Crippen LogP contribution is -2.55. The van der Waals surface area contributed by atoms with Crippen molar-refractivity contribution in [2.24, 2.45) is 5.41 Å². The van der Waals surface area contributed by atoms with E-state index in [0.29, 0.717) is 5.41 Å². The van der Waals surface area contributed by atoms with Gasteiger partial charge in [0.1, 0.15) is 0 Å². The number of rotatable bonds is 2. The van der Waals surface area contributed by atoms with Gasteiger partial charge in [0.25, 0.3) is 0 Å². The molecule has 0 unspecified atom stereocenters. The number of hydrogen-bond acceptors (Lipinski definition) is 1. The second-order valence-corrected chi connectivity index (χ2v) is 7.14. The molecule has 0 aromatic heterocycles. The SMILES string of the molecule is O=C(O)C1(c2ccccc2Br)CC2(CCCCC2)C1. The van der Waals surface area contributed by atoms with Crippen LogP contribution in [0.4, 0.5) is 0 Å². The summed E-state index contributed by atoms with van der Waals surface area (Å²) in [6, 6.07) is 7.80. The summed E-state index contributed by atoms with van der Waals surface area (Å²) in [5.41, 5.74) is 0.613. The van der Waals surface area contributed by atoms with Crippen LogP contribution in [-0.2, 0) is 10.2 Å². The maximum atomic E-state index is 11.9. The summed E-state index contributed by atoms with van der Waals surface area (Å²) < 4.78 is 0.933. The highest BCUT2D eigenvalue weighted by atomic mass is 79.9. The molecule has 19 heavy (non-hydrogen) atoms. The zero-order chi connectivity index (χ0) is 13.5. The average molecular weight is 323 g/mol. The van der Waals surface area contributed by atoms with Crippen LogP contribution in [0, 0.1) is 5.41 Å². The summed E-state index contributed by atoms with van der Waals surface area (Å²) in [5.74, 6) is -0.657. The van der Waals surface area contributed by atoms with E-state index in [-0.39, 0.29) is 0 Å². The first kappa shape index (κ1) is 13.2. The van der Waals surface area contributed by atoms with Crippen molar-refractivity contribution in [1.82, 2.24) is 0 Å². The molecule has 0 saturated heterocycles. The topological polar surface area (TPSA) is 37.3 Å². The molecule has 0 aliphatic heterocycles. The third-order valence-electron chi connectivity index (χ3n) is 5.07. The highest BCUT2D eigenvalue weighted by Crippen LogP contribution is 2.62. The molecule has 102 valence electrons. The molecular formula is C16H19BrO2. The summed E-state index contributed by atoms with van der Waals surface area (Å²) in [6.07, 6.45) is 7.92. The van der Waals surface area contributed by atoms with Gasteiger partial charge in [0.15, 0.2) is 0 Å². The highest BCUT2D eigenvalue weighted by molar-refractivity contribution is 9.10. The number of carbonyl (C=O) groups is 1. The van der Waals surface area contributed by atoms with Crippen LogP contribution in [0.1, 0.15) is 50.5 Å². The first-order chi connectivity index (χ1) is 9.08. The first-order valence-corrected chi connectivity index (χ1v) is 7.86. The third kappa shape index (κ3) is 2.03. The minimum absolute atomic E-state index is 0.311. The lowest BCUT2D eigenvalue weighted by Gasteiger charge is -2.56. The van der Waals surface area contributed by atoms with Crippen molar-refractivity contribution in [1.29, 1.82) is 0 Å².